The van der Waals surface area contributed by atoms with Gasteiger partial charge in [-0.1, -0.05) is 0 Å². The summed E-state index contributed by atoms with van der Waals surface area (Å²) in [6, 6.07) is 9.35. The van der Waals surface area contributed by atoms with Gasteiger partial charge < -0.3 is 48.9 Å². The number of hydrogen-bond acceptors (Lipinski definition) is 14. The molecule has 0 saturated carbocycles. The van der Waals surface area contributed by atoms with E-state index in [4.69, 9.17) is 36.3 Å². The molecule has 2 atom stereocenters. The number of likely N-dealkylation sites (N-methyl/N-ethyl adjacent to an activating group) is 2. The van der Waals surface area contributed by atoms with Crippen LogP contribution >= 0.6 is 11.6 Å². The first kappa shape index (κ1) is 45.8. The van der Waals surface area contributed by atoms with Gasteiger partial charge in [-0.05, 0) is 49.7 Å². The second-order valence-corrected chi connectivity index (χ2v) is 14.6. The van der Waals surface area contributed by atoms with Crippen LogP contribution in [0.3, 0.4) is 0 Å². The van der Waals surface area contributed by atoms with Crippen LogP contribution in [-0.2, 0) is 0 Å². The van der Waals surface area contributed by atoms with Crippen LogP contribution in [-0.4, -0.2) is 105 Å². The number of nitrogens with one attached hydrogen (secondary N) is 1. The lowest BCUT2D eigenvalue weighted by Crippen LogP contribution is -2.43. The predicted octanol–water partition coefficient (Wildman–Crippen LogP) is 7.92. The number of rotatable bonds is 8. The number of anilines is 5. The highest BCUT2D eigenvalue weighted by atomic mass is 35.5. The van der Waals surface area contributed by atoms with Crippen molar-refractivity contribution in [2.45, 2.75) is 51.1 Å². The number of nitrogen functional groups attached to an aromatic ring is 1. The fourth-order valence-corrected chi connectivity index (χ4v) is 6.58. The molecule has 2 aliphatic heterocycles. The quantitative estimate of drug-likeness (QED) is 0.0858. The van der Waals surface area contributed by atoms with Crippen LogP contribution in [0.4, 0.5) is 55.3 Å². The van der Waals surface area contributed by atoms with Crippen molar-refractivity contribution in [1.29, 1.82) is 0 Å². The number of halogens is 7. The van der Waals surface area contributed by atoms with Gasteiger partial charge in [0.15, 0.2) is 23.1 Å². The monoisotopic (exact) mass is 904 g/mol. The van der Waals surface area contributed by atoms with Crippen LogP contribution in [0.25, 0.3) is 11.4 Å². The number of fused-ring (bicyclic) bond motifs is 2. The maximum Gasteiger partial charge on any atom is 0.391 e. The summed E-state index contributed by atoms with van der Waals surface area (Å²) in [5.41, 5.74) is 10.6. The van der Waals surface area contributed by atoms with E-state index in [1.54, 1.807) is 46.1 Å². The van der Waals surface area contributed by atoms with Crippen molar-refractivity contribution in [2.75, 3.05) is 62.4 Å². The van der Waals surface area contributed by atoms with E-state index >= 15 is 0 Å². The third-order valence-corrected chi connectivity index (χ3v) is 9.80. The minimum absolute atomic E-state index is 0.0214. The second-order valence-electron chi connectivity index (χ2n) is 14.3. The Labute approximate surface area is 362 Å². The lowest BCUT2D eigenvalue weighted by atomic mass is 10.1. The SMILES string of the molecule is CN1c2nc(Cl)ncc2OCC1CC(F)(F)F.COc1cc(N)ccc1-n1cnc(C)c1.COc1cc(Nc2ncc3c(n2)N(C)C(CC(F)(F)F)CO3)ccc1-n1cnc(C)c1. The molecule has 0 fully saturated rings. The van der Waals surface area contributed by atoms with Crippen molar-refractivity contribution in [2.24, 2.45) is 0 Å². The molecular weight excluding hydrogens is 862 g/mol. The van der Waals surface area contributed by atoms with Gasteiger partial charge in [-0.15, -0.1) is 0 Å². The van der Waals surface area contributed by atoms with E-state index in [-0.39, 0.29) is 30.3 Å². The van der Waals surface area contributed by atoms with Crippen molar-refractivity contribution in [3.63, 3.8) is 0 Å². The lowest BCUT2D eigenvalue weighted by molar-refractivity contribution is -0.141. The Morgan fingerprint density at radius 3 is 1.71 bits per heavy atom. The molecule has 0 bridgehead atoms. The summed E-state index contributed by atoms with van der Waals surface area (Å²) in [6.45, 7) is 3.71. The molecule has 23 heteroatoms. The van der Waals surface area contributed by atoms with Gasteiger partial charge in [0.25, 0.3) is 0 Å². The average molecular weight is 905 g/mol. The zero-order chi connectivity index (χ0) is 45.6. The largest absolute Gasteiger partial charge is 0.494 e. The minimum atomic E-state index is -4.29. The molecule has 8 rings (SSSR count). The first-order valence-electron chi connectivity index (χ1n) is 19.0. The Kier molecular flexibility index (Phi) is 13.9. The van der Waals surface area contributed by atoms with Gasteiger partial charge >= 0.3 is 12.4 Å². The molecule has 2 unspecified atom stereocenters. The second kappa shape index (κ2) is 19.1. The molecule has 0 saturated heterocycles. The van der Waals surface area contributed by atoms with E-state index in [1.807, 2.05) is 59.6 Å². The number of aromatic nitrogens is 8. The standard InChI is InChI=1S/C20H21F3N6O2.C11H13N3O.C9H9ClF3N3O/c1-12-9-29(11-25-12)15-5-4-13(6-16(15)30-3)26-19-24-8-17-18(27-19)28(2)14(10-31-17)7-20(21,22)23;1-8-6-14(7-13-8)10-4-3-9(12)5-11(10)15-2;1-16-5(2-9(11,12)13)4-17-6-3-14-8(10)15-7(6)16/h4-6,8-9,11,14H,7,10H2,1-3H3,(H,24,26,27);3-7H,12H2,1-2H3;3,5H,2,4H2,1H3. The maximum absolute atomic E-state index is 12.8. The first-order chi connectivity index (χ1) is 29.8. The Bertz CT molecular complexity index is 2500. The van der Waals surface area contributed by atoms with Crippen molar-refractivity contribution < 1.29 is 45.3 Å². The number of nitrogens with two attached hydrogens (primary N) is 1. The summed E-state index contributed by atoms with van der Waals surface area (Å²) in [6.07, 6.45) is -0.401. The van der Waals surface area contributed by atoms with Crippen LogP contribution in [0.5, 0.6) is 23.0 Å². The molecule has 4 aromatic heterocycles. The third-order valence-electron chi connectivity index (χ3n) is 9.62. The fraction of sp³-hybridized carbons (Fsp3) is 0.350. The van der Waals surface area contributed by atoms with Crippen LogP contribution < -0.4 is 39.8 Å². The molecule has 2 aliphatic rings. The molecule has 0 spiro atoms. The van der Waals surface area contributed by atoms with Crippen molar-refractivity contribution in [3.05, 3.63) is 90.5 Å². The highest BCUT2D eigenvalue weighted by Gasteiger charge is 2.39. The number of ether oxygens (including phenoxy) is 4. The van der Waals surface area contributed by atoms with Crippen molar-refractivity contribution >= 4 is 40.6 Å². The topological polar surface area (TPSA) is 169 Å². The number of alkyl halides is 6. The minimum Gasteiger partial charge on any atom is -0.494 e. The third kappa shape index (κ3) is 11.8. The van der Waals surface area contributed by atoms with E-state index in [0.717, 1.165) is 28.5 Å². The molecule has 6 heterocycles. The fourth-order valence-electron chi connectivity index (χ4n) is 6.45. The Balaban J connectivity index is 0.000000174. The Morgan fingerprint density at radius 1 is 0.730 bits per heavy atom. The zero-order valence-electron chi connectivity index (χ0n) is 34.7. The highest BCUT2D eigenvalue weighted by molar-refractivity contribution is 6.28. The summed E-state index contributed by atoms with van der Waals surface area (Å²) < 4.78 is 101. The molecule has 3 N–H and O–H groups in total. The van der Waals surface area contributed by atoms with Gasteiger partial charge in [0.05, 0.1) is 87.0 Å². The normalized spacial score (nSPS) is 15.6. The molecule has 2 aromatic carbocycles. The van der Waals surface area contributed by atoms with Crippen molar-refractivity contribution in [1.82, 2.24) is 39.0 Å². The Morgan fingerprint density at radius 2 is 1.22 bits per heavy atom. The van der Waals surface area contributed by atoms with E-state index < -0.39 is 37.3 Å². The van der Waals surface area contributed by atoms with E-state index in [0.29, 0.717) is 34.4 Å². The van der Waals surface area contributed by atoms with E-state index in [9.17, 15) is 26.3 Å². The number of methoxy groups -OCH3 is 2. The molecule has 6 aromatic rings. The number of aryl methyl sites for hydroxylation is 2. The van der Waals surface area contributed by atoms with Gasteiger partial charge in [0.2, 0.25) is 11.2 Å². The summed E-state index contributed by atoms with van der Waals surface area (Å²) in [5.74, 6) is 2.85. The molecule has 0 amide bonds. The molecular formula is C40H43ClF6N12O4. The predicted molar refractivity (Wildman–Crippen MR) is 223 cm³/mol. The van der Waals surface area contributed by atoms with E-state index in [1.165, 1.54) is 29.2 Å². The smallest absolute Gasteiger partial charge is 0.391 e. The lowest BCUT2D eigenvalue weighted by Gasteiger charge is -2.35. The van der Waals surface area contributed by atoms with Gasteiger partial charge in [-0.25, -0.2) is 19.9 Å². The number of hydrogen-bond donors (Lipinski definition) is 2. The molecule has 0 radical (unpaired) electrons. The molecule has 16 nitrogen and oxygen atoms in total. The van der Waals surface area contributed by atoms with Gasteiger partial charge in [0.1, 0.15) is 24.7 Å². The number of nitrogens with zero attached hydrogens (tertiary/aromatic N) is 10. The van der Waals surface area contributed by atoms with Gasteiger partial charge in [-0.3, -0.25) is 0 Å². The molecule has 336 valence electrons. The van der Waals surface area contributed by atoms with Crippen LogP contribution in [0.15, 0.2) is 73.8 Å². The summed E-state index contributed by atoms with van der Waals surface area (Å²) in [7, 11) is 6.29. The maximum atomic E-state index is 12.8. The van der Waals surface area contributed by atoms with Crippen LogP contribution in [0.1, 0.15) is 24.2 Å². The zero-order valence-corrected chi connectivity index (χ0v) is 35.5. The highest BCUT2D eigenvalue weighted by Crippen LogP contribution is 2.37. The Hall–Kier alpha value is -6.71. The molecule has 0 aliphatic carbocycles. The molecule has 63 heavy (non-hydrogen) atoms. The summed E-state index contributed by atoms with van der Waals surface area (Å²) >= 11 is 5.60. The number of benzene rings is 2. The summed E-state index contributed by atoms with van der Waals surface area (Å²) in [4.78, 5) is 27.4. The van der Waals surface area contributed by atoms with Crippen LogP contribution in [0.2, 0.25) is 5.28 Å². The summed E-state index contributed by atoms with van der Waals surface area (Å²) in [5, 5.41) is 3.04. The average Bonchev–Trinajstić information content (AvgIpc) is 3.87. The van der Waals surface area contributed by atoms with Crippen molar-refractivity contribution in [3.8, 4) is 34.4 Å². The first-order valence-corrected chi connectivity index (χ1v) is 19.3. The van der Waals surface area contributed by atoms with Crippen LogP contribution in [0, 0.1) is 13.8 Å². The van der Waals surface area contributed by atoms with E-state index in [2.05, 4.69) is 35.2 Å². The van der Waals surface area contributed by atoms with Gasteiger partial charge in [-0.2, -0.15) is 36.3 Å². The number of imidazole rings is 2. The van der Waals surface area contributed by atoms with Gasteiger partial charge in [0, 0.05) is 50.0 Å².